The van der Waals surface area contributed by atoms with Crippen molar-refractivity contribution in [3.05, 3.63) is 70.4 Å². The van der Waals surface area contributed by atoms with Gasteiger partial charge >= 0.3 is 0 Å². The Bertz CT molecular complexity index is 874. The topological polar surface area (TPSA) is 108 Å². The minimum atomic E-state index is -0.656. The molecule has 0 atom stereocenters. The molecule has 0 bridgehead atoms. The third-order valence-electron chi connectivity index (χ3n) is 3.13. The lowest BCUT2D eigenvalue weighted by molar-refractivity contribution is -0.384. The highest BCUT2D eigenvalue weighted by Crippen LogP contribution is 2.20. The molecule has 0 unspecified atom stereocenters. The maximum absolute atomic E-state index is 12.2. The summed E-state index contributed by atoms with van der Waals surface area (Å²) in [5.41, 5.74) is 0.681. The van der Waals surface area contributed by atoms with E-state index >= 15 is 0 Å². The van der Waals surface area contributed by atoms with Crippen LogP contribution < -0.4 is 10.6 Å². The molecular formula is C17H14N4O3S. The molecule has 7 nitrogen and oxygen atoms in total. The van der Waals surface area contributed by atoms with Gasteiger partial charge in [0.15, 0.2) is 0 Å². The molecule has 2 rings (SSSR count). The van der Waals surface area contributed by atoms with Crippen molar-refractivity contribution in [1.29, 1.82) is 5.26 Å². The van der Waals surface area contributed by atoms with Gasteiger partial charge in [-0.2, -0.15) is 5.26 Å². The fraction of sp³-hybridized carbons (Fsp3) is 0.0588. The van der Waals surface area contributed by atoms with Gasteiger partial charge in [0.25, 0.3) is 11.6 Å². The van der Waals surface area contributed by atoms with Gasteiger partial charge in [0.2, 0.25) is 0 Å². The normalized spacial score (nSPS) is 10.6. The van der Waals surface area contributed by atoms with Crippen molar-refractivity contribution in [3.63, 3.8) is 0 Å². The van der Waals surface area contributed by atoms with Gasteiger partial charge in [-0.15, -0.1) is 11.8 Å². The number of nitrogens with zero attached hydrogens (tertiary/aromatic N) is 2. The van der Waals surface area contributed by atoms with E-state index in [1.165, 1.54) is 30.5 Å². The average molecular weight is 354 g/mol. The van der Waals surface area contributed by atoms with Crippen LogP contribution in [0.25, 0.3) is 0 Å². The van der Waals surface area contributed by atoms with Gasteiger partial charge < -0.3 is 10.6 Å². The number of benzene rings is 2. The molecule has 0 radical (unpaired) electrons. The zero-order valence-corrected chi connectivity index (χ0v) is 14.0. The van der Waals surface area contributed by atoms with Gasteiger partial charge in [0.1, 0.15) is 11.6 Å². The zero-order valence-electron chi connectivity index (χ0n) is 13.2. The number of nitriles is 1. The van der Waals surface area contributed by atoms with Crippen LogP contribution in [0.15, 0.2) is 65.2 Å². The van der Waals surface area contributed by atoms with Crippen molar-refractivity contribution in [2.75, 3.05) is 16.9 Å². The summed E-state index contributed by atoms with van der Waals surface area (Å²) in [4.78, 5) is 23.4. The lowest BCUT2D eigenvalue weighted by atomic mass is 10.2. The number of nitrogens with one attached hydrogen (secondary N) is 2. The van der Waals surface area contributed by atoms with E-state index < -0.39 is 10.8 Å². The smallest absolute Gasteiger partial charge is 0.271 e. The lowest BCUT2D eigenvalue weighted by Crippen LogP contribution is -2.14. The number of nitro groups is 1. The summed E-state index contributed by atoms with van der Waals surface area (Å²) in [5.74, 6) is -0.656. The minimum Gasteiger partial charge on any atom is -0.360 e. The number of anilines is 2. The molecule has 0 spiro atoms. The molecule has 0 aliphatic carbocycles. The number of amides is 1. The van der Waals surface area contributed by atoms with E-state index in [1.54, 1.807) is 17.8 Å². The monoisotopic (exact) mass is 354 g/mol. The average Bonchev–Trinajstić information content (AvgIpc) is 2.62. The summed E-state index contributed by atoms with van der Waals surface area (Å²) in [6.07, 6.45) is 3.24. The molecule has 0 aromatic heterocycles. The van der Waals surface area contributed by atoms with Crippen LogP contribution >= 0.6 is 11.8 Å². The van der Waals surface area contributed by atoms with Crippen molar-refractivity contribution in [2.45, 2.75) is 4.90 Å². The van der Waals surface area contributed by atoms with E-state index in [0.29, 0.717) is 0 Å². The second-order valence-corrected chi connectivity index (χ2v) is 5.69. The largest absolute Gasteiger partial charge is 0.360 e. The Morgan fingerprint density at radius 3 is 2.64 bits per heavy atom. The standard InChI is InChI=1S/C17H14N4O3S/c1-25-16-7-3-4-13(9-16)19-11-12(10-18)17(22)20-14-5-2-6-15(8-14)21(23)24/h2-9,11,19H,1H3,(H,20,22)/b12-11-. The number of carbonyl (C=O) groups is 1. The van der Waals surface area contributed by atoms with E-state index in [4.69, 9.17) is 5.26 Å². The number of thioether (sulfide) groups is 1. The maximum atomic E-state index is 12.2. The number of nitro benzene ring substituents is 1. The molecule has 25 heavy (non-hydrogen) atoms. The van der Waals surface area contributed by atoms with Gasteiger partial charge in [0, 0.05) is 34.6 Å². The van der Waals surface area contributed by atoms with E-state index in [2.05, 4.69) is 10.6 Å². The van der Waals surface area contributed by atoms with Crippen molar-refractivity contribution < 1.29 is 9.72 Å². The SMILES string of the molecule is CSc1cccc(N/C=C(/C#N)C(=O)Nc2cccc([N+](=O)[O-])c2)c1. The second kappa shape index (κ2) is 8.52. The first kappa shape index (κ1) is 18.0. The van der Waals surface area contributed by atoms with Crippen molar-refractivity contribution in [1.82, 2.24) is 0 Å². The van der Waals surface area contributed by atoms with Crippen LogP contribution in [0.5, 0.6) is 0 Å². The zero-order chi connectivity index (χ0) is 18.2. The molecule has 2 N–H and O–H groups in total. The first-order valence-electron chi connectivity index (χ1n) is 7.10. The van der Waals surface area contributed by atoms with E-state index in [1.807, 2.05) is 30.5 Å². The highest BCUT2D eigenvalue weighted by molar-refractivity contribution is 7.98. The molecule has 1 amide bonds. The second-order valence-electron chi connectivity index (χ2n) is 4.81. The molecule has 126 valence electrons. The molecule has 2 aromatic carbocycles. The third kappa shape index (κ3) is 5.09. The van der Waals surface area contributed by atoms with Gasteiger partial charge in [-0.25, -0.2) is 0 Å². The molecule has 2 aromatic rings. The Balaban J connectivity index is 2.11. The first-order valence-corrected chi connectivity index (χ1v) is 8.32. The fourth-order valence-corrected chi connectivity index (χ4v) is 2.37. The van der Waals surface area contributed by atoms with Gasteiger partial charge in [-0.05, 0) is 30.5 Å². The summed E-state index contributed by atoms with van der Waals surface area (Å²) in [6, 6.07) is 14.8. The molecule has 0 aliphatic rings. The quantitative estimate of drug-likeness (QED) is 0.269. The molecule has 0 saturated carbocycles. The third-order valence-corrected chi connectivity index (χ3v) is 3.86. The summed E-state index contributed by atoms with van der Waals surface area (Å²) in [7, 11) is 0. The van der Waals surface area contributed by atoms with E-state index in [-0.39, 0.29) is 16.9 Å². The molecular weight excluding hydrogens is 340 g/mol. The molecule has 8 heteroatoms. The summed E-state index contributed by atoms with van der Waals surface area (Å²) in [5, 5.41) is 25.3. The van der Waals surface area contributed by atoms with Crippen molar-refractivity contribution in [3.8, 4) is 6.07 Å². The van der Waals surface area contributed by atoms with E-state index in [0.717, 1.165) is 10.6 Å². The Kier molecular flexibility index (Phi) is 6.14. The Morgan fingerprint density at radius 1 is 1.24 bits per heavy atom. The van der Waals surface area contributed by atoms with Crippen LogP contribution in [0.3, 0.4) is 0 Å². The van der Waals surface area contributed by atoms with Gasteiger partial charge in [-0.1, -0.05) is 12.1 Å². The number of rotatable bonds is 6. The molecule has 0 aliphatic heterocycles. The van der Waals surface area contributed by atoms with Gasteiger partial charge in [-0.3, -0.25) is 14.9 Å². The fourth-order valence-electron chi connectivity index (χ4n) is 1.91. The minimum absolute atomic E-state index is 0.146. The summed E-state index contributed by atoms with van der Waals surface area (Å²) in [6.45, 7) is 0. The number of hydrogen-bond donors (Lipinski definition) is 2. The van der Waals surface area contributed by atoms with Gasteiger partial charge in [0.05, 0.1) is 4.92 Å². The summed E-state index contributed by atoms with van der Waals surface area (Å²) >= 11 is 1.57. The highest BCUT2D eigenvalue weighted by Gasteiger charge is 2.12. The van der Waals surface area contributed by atoms with Crippen molar-refractivity contribution in [2.24, 2.45) is 0 Å². The molecule has 0 heterocycles. The van der Waals surface area contributed by atoms with E-state index in [9.17, 15) is 14.9 Å². The highest BCUT2D eigenvalue weighted by atomic mass is 32.2. The number of hydrogen-bond acceptors (Lipinski definition) is 6. The lowest BCUT2D eigenvalue weighted by Gasteiger charge is -2.06. The Hall–Kier alpha value is -3.31. The van der Waals surface area contributed by atoms with Crippen LogP contribution in [0.1, 0.15) is 0 Å². The van der Waals surface area contributed by atoms with Crippen molar-refractivity contribution >= 4 is 34.7 Å². The van der Waals surface area contributed by atoms with Crippen LogP contribution in [-0.4, -0.2) is 17.1 Å². The molecule has 0 saturated heterocycles. The number of non-ortho nitro benzene ring substituents is 1. The maximum Gasteiger partial charge on any atom is 0.271 e. The Morgan fingerprint density at radius 2 is 1.96 bits per heavy atom. The summed E-state index contributed by atoms with van der Waals surface area (Å²) < 4.78 is 0. The molecule has 0 fully saturated rings. The van der Waals surface area contributed by atoms with Crippen LogP contribution in [0, 0.1) is 21.4 Å². The first-order chi connectivity index (χ1) is 12.0. The predicted molar refractivity (Wildman–Crippen MR) is 97.3 cm³/mol. The van der Waals surface area contributed by atoms with Crippen LogP contribution in [-0.2, 0) is 4.79 Å². The van der Waals surface area contributed by atoms with Crippen LogP contribution in [0.4, 0.5) is 17.1 Å². The Labute approximate surface area is 148 Å². The predicted octanol–water partition coefficient (Wildman–Crippen LogP) is 3.77. The van der Waals surface area contributed by atoms with Crippen LogP contribution in [0.2, 0.25) is 0 Å². The number of carbonyl (C=O) groups excluding carboxylic acids is 1.